The van der Waals surface area contributed by atoms with Crippen LogP contribution in [0.15, 0.2) is 18.2 Å². The smallest absolute Gasteiger partial charge is 0.262 e. The van der Waals surface area contributed by atoms with E-state index in [9.17, 15) is 9.59 Å². The van der Waals surface area contributed by atoms with Gasteiger partial charge in [-0.05, 0) is 30.5 Å². The fraction of sp³-hybridized carbons (Fsp3) is 0.467. The molecule has 3 N–H and O–H groups in total. The zero-order chi connectivity index (χ0) is 15.2. The first kappa shape index (κ1) is 15.3. The van der Waals surface area contributed by atoms with Gasteiger partial charge < -0.3 is 20.5 Å². The SMILES string of the molecule is CCC(CCO)CNC(=O)c1ccc2c(c1)OCC(=O)N2. The number of rotatable bonds is 6. The molecule has 1 aliphatic rings. The fourth-order valence-electron chi connectivity index (χ4n) is 2.19. The standard InChI is InChI=1S/C15H20N2O4/c1-2-10(5-6-18)8-16-15(20)11-3-4-12-13(7-11)21-9-14(19)17-12/h3-4,7,10,18H,2,5-6,8-9H2,1H3,(H,16,20)(H,17,19). The van der Waals surface area contributed by atoms with Crippen molar-refractivity contribution in [2.24, 2.45) is 5.92 Å². The maximum atomic E-state index is 12.1. The number of ether oxygens (including phenoxy) is 1. The summed E-state index contributed by atoms with van der Waals surface area (Å²) in [5, 5.41) is 14.5. The molecule has 6 nitrogen and oxygen atoms in total. The average Bonchev–Trinajstić information content (AvgIpc) is 2.50. The fourth-order valence-corrected chi connectivity index (χ4v) is 2.19. The highest BCUT2D eigenvalue weighted by Gasteiger charge is 2.18. The molecule has 0 spiro atoms. The van der Waals surface area contributed by atoms with E-state index in [1.807, 2.05) is 6.92 Å². The zero-order valence-electron chi connectivity index (χ0n) is 12.0. The second-order valence-corrected chi connectivity index (χ2v) is 5.04. The van der Waals surface area contributed by atoms with Crippen LogP contribution >= 0.6 is 0 Å². The predicted molar refractivity (Wildman–Crippen MR) is 78.4 cm³/mol. The van der Waals surface area contributed by atoms with Crippen molar-refractivity contribution in [3.63, 3.8) is 0 Å². The van der Waals surface area contributed by atoms with E-state index in [-0.39, 0.29) is 30.9 Å². The normalized spacial score (nSPS) is 14.7. The molecule has 1 unspecified atom stereocenters. The minimum atomic E-state index is -0.200. The molecule has 0 bridgehead atoms. The third-order valence-electron chi connectivity index (χ3n) is 3.54. The molecule has 1 aromatic rings. The quantitative estimate of drug-likeness (QED) is 0.734. The van der Waals surface area contributed by atoms with Crippen molar-refractivity contribution in [2.45, 2.75) is 19.8 Å². The summed E-state index contributed by atoms with van der Waals surface area (Å²) < 4.78 is 5.29. The maximum Gasteiger partial charge on any atom is 0.262 e. The lowest BCUT2D eigenvalue weighted by Gasteiger charge is -2.19. The molecule has 1 aliphatic heterocycles. The summed E-state index contributed by atoms with van der Waals surface area (Å²) in [4.78, 5) is 23.3. The van der Waals surface area contributed by atoms with Gasteiger partial charge in [0.1, 0.15) is 5.75 Å². The number of hydrogen-bond donors (Lipinski definition) is 3. The molecular weight excluding hydrogens is 272 g/mol. The van der Waals surface area contributed by atoms with Crippen molar-refractivity contribution < 1.29 is 19.4 Å². The number of benzene rings is 1. The molecule has 0 aromatic heterocycles. The number of nitrogens with one attached hydrogen (secondary N) is 2. The van der Waals surface area contributed by atoms with E-state index in [0.717, 1.165) is 6.42 Å². The van der Waals surface area contributed by atoms with Gasteiger partial charge in [0.25, 0.3) is 11.8 Å². The minimum absolute atomic E-state index is 0.0352. The van der Waals surface area contributed by atoms with Crippen molar-refractivity contribution in [3.05, 3.63) is 23.8 Å². The van der Waals surface area contributed by atoms with Gasteiger partial charge in [0.2, 0.25) is 0 Å². The molecule has 1 heterocycles. The van der Waals surface area contributed by atoms with Crippen LogP contribution < -0.4 is 15.4 Å². The van der Waals surface area contributed by atoms with Crippen molar-refractivity contribution in [3.8, 4) is 5.75 Å². The first-order chi connectivity index (χ1) is 10.1. The van der Waals surface area contributed by atoms with E-state index in [0.29, 0.717) is 30.0 Å². The Morgan fingerprint density at radius 1 is 1.52 bits per heavy atom. The molecule has 1 aromatic carbocycles. The topological polar surface area (TPSA) is 87.7 Å². The highest BCUT2D eigenvalue weighted by molar-refractivity contribution is 5.98. The lowest BCUT2D eigenvalue weighted by molar-refractivity contribution is -0.118. The molecule has 2 rings (SSSR count). The summed E-state index contributed by atoms with van der Waals surface area (Å²) >= 11 is 0. The number of aliphatic hydroxyl groups is 1. The maximum absolute atomic E-state index is 12.1. The van der Waals surface area contributed by atoms with Crippen LogP contribution in [0.1, 0.15) is 30.1 Å². The molecule has 2 amide bonds. The molecule has 0 aliphatic carbocycles. The van der Waals surface area contributed by atoms with Crippen molar-refractivity contribution in [2.75, 3.05) is 25.1 Å². The first-order valence-electron chi connectivity index (χ1n) is 7.09. The lowest BCUT2D eigenvalue weighted by atomic mass is 10.0. The van der Waals surface area contributed by atoms with Crippen LogP contribution in [0.4, 0.5) is 5.69 Å². The summed E-state index contributed by atoms with van der Waals surface area (Å²) in [5.41, 5.74) is 1.07. The highest BCUT2D eigenvalue weighted by atomic mass is 16.5. The second kappa shape index (κ2) is 7.08. The van der Waals surface area contributed by atoms with Gasteiger partial charge in [-0.15, -0.1) is 0 Å². The van der Waals surface area contributed by atoms with E-state index in [4.69, 9.17) is 9.84 Å². The van der Waals surface area contributed by atoms with E-state index in [1.54, 1.807) is 18.2 Å². The Balaban J connectivity index is 1.98. The summed E-state index contributed by atoms with van der Waals surface area (Å²) in [6, 6.07) is 4.93. The molecule has 0 saturated heterocycles. The zero-order valence-corrected chi connectivity index (χ0v) is 12.0. The monoisotopic (exact) mass is 292 g/mol. The van der Waals surface area contributed by atoms with E-state index < -0.39 is 0 Å². The van der Waals surface area contributed by atoms with Gasteiger partial charge in [0, 0.05) is 18.7 Å². The molecular formula is C15H20N2O4. The van der Waals surface area contributed by atoms with Crippen LogP contribution in [0.5, 0.6) is 5.75 Å². The van der Waals surface area contributed by atoms with Gasteiger partial charge >= 0.3 is 0 Å². The third kappa shape index (κ3) is 3.95. The van der Waals surface area contributed by atoms with Crippen LogP contribution in [0.25, 0.3) is 0 Å². The van der Waals surface area contributed by atoms with Crippen molar-refractivity contribution in [1.82, 2.24) is 5.32 Å². The molecule has 1 atom stereocenters. The van der Waals surface area contributed by atoms with E-state index in [2.05, 4.69) is 10.6 Å². The summed E-state index contributed by atoms with van der Waals surface area (Å²) in [6.45, 7) is 2.65. The Morgan fingerprint density at radius 3 is 3.05 bits per heavy atom. The molecule has 0 fully saturated rings. The molecule has 6 heteroatoms. The first-order valence-corrected chi connectivity index (χ1v) is 7.09. The van der Waals surface area contributed by atoms with Gasteiger partial charge in [-0.3, -0.25) is 9.59 Å². The van der Waals surface area contributed by atoms with Crippen LogP contribution in [0.3, 0.4) is 0 Å². The highest BCUT2D eigenvalue weighted by Crippen LogP contribution is 2.28. The Bertz CT molecular complexity index is 530. The number of fused-ring (bicyclic) bond motifs is 1. The second-order valence-electron chi connectivity index (χ2n) is 5.04. The molecule has 21 heavy (non-hydrogen) atoms. The van der Waals surface area contributed by atoms with Crippen LogP contribution in [0, 0.1) is 5.92 Å². The number of carbonyl (C=O) groups is 2. The van der Waals surface area contributed by atoms with Gasteiger partial charge in [-0.2, -0.15) is 0 Å². The number of anilines is 1. The molecule has 0 saturated carbocycles. The summed E-state index contributed by atoms with van der Waals surface area (Å²) in [5.74, 6) is 0.390. The van der Waals surface area contributed by atoms with Gasteiger partial charge in [-0.1, -0.05) is 13.3 Å². The Morgan fingerprint density at radius 2 is 2.33 bits per heavy atom. The summed E-state index contributed by atoms with van der Waals surface area (Å²) in [6.07, 6.45) is 1.58. The lowest BCUT2D eigenvalue weighted by Crippen LogP contribution is -2.30. The van der Waals surface area contributed by atoms with Crippen molar-refractivity contribution >= 4 is 17.5 Å². The van der Waals surface area contributed by atoms with Gasteiger partial charge in [0.15, 0.2) is 6.61 Å². The van der Waals surface area contributed by atoms with Crippen molar-refractivity contribution in [1.29, 1.82) is 0 Å². The average molecular weight is 292 g/mol. The van der Waals surface area contributed by atoms with Crippen LogP contribution in [0.2, 0.25) is 0 Å². The van der Waals surface area contributed by atoms with Gasteiger partial charge in [-0.25, -0.2) is 0 Å². The third-order valence-corrected chi connectivity index (χ3v) is 3.54. The minimum Gasteiger partial charge on any atom is -0.482 e. The predicted octanol–water partition coefficient (Wildman–Crippen LogP) is 1.16. The Kier molecular flexibility index (Phi) is 5.16. The molecule has 114 valence electrons. The van der Waals surface area contributed by atoms with Gasteiger partial charge in [0.05, 0.1) is 5.69 Å². The number of hydrogen-bond acceptors (Lipinski definition) is 4. The molecule has 0 radical (unpaired) electrons. The van der Waals surface area contributed by atoms with Crippen LogP contribution in [-0.4, -0.2) is 36.7 Å². The number of amides is 2. The Hall–Kier alpha value is -2.08. The number of aliphatic hydroxyl groups excluding tert-OH is 1. The van der Waals surface area contributed by atoms with E-state index in [1.165, 1.54) is 0 Å². The summed E-state index contributed by atoms with van der Waals surface area (Å²) in [7, 11) is 0. The largest absolute Gasteiger partial charge is 0.482 e. The Labute approximate surface area is 123 Å². The van der Waals surface area contributed by atoms with E-state index >= 15 is 0 Å². The number of carbonyl (C=O) groups excluding carboxylic acids is 2. The van der Waals surface area contributed by atoms with Crippen LogP contribution in [-0.2, 0) is 4.79 Å².